The van der Waals surface area contributed by atoms with Crippen LogP contribution in [-0.2, 0) is 19.1 Å². The van der Waals surface area contributed by atoms with Crippen LogP contribution in [0.2, 0.25) is 0 Å². The van der Waals surface area contributed by atoms with Crippen LogP contribution >= 0.6 is 0 Å². The third-order valence-corrected chi connectivity index (χ3v) is 5.84. The Kier molecular flexibility index (Phi) is 7.68. The summed E-state index contributed by atoms with van der Waals surface area (Å²) in [6, 6.07) is 5.93. The molecule has 10 nitrogen and oxygen atoms in total. The van der Waals surface area contributed by atoms with E-state index in [1.165, 1.54) is 18.2 Å². The molecule has 2 aliphatic rings. The molecule has 1 aromatic rings. The Morgan fingerprint density at radius 3 is 2.47 bits per heavy atom. The Bertz CT molecular complexity index is 896. The monoisotopic (exact) mass is 446 g/mol. The van der Waals surface area contributed by atoms with Crippen molar-refractivity contribution in [1.82, 2.24) is 10.0 Å². The van der Waals surface area contributed by atoms with E-state index in [1.807, 2.05) is 5.01 Å². The van der Waals surface area contributed by atoms with E-state index >= 15 is 0 Å². The molecule has 3 rings (SSSR count). The zero-order chi connectivity index (χ0) is 23.3. The standard InChI is InChI=1S/C22H30N4O6/c1-3-31-21(27)17-14-25(24-11-6-5-7-12-24)20(23)19(22(28)32-4-2)18(17)15-9-8-10-16(13-15)26(29)30/h8-10,13,17-18H,3-7,11-12,14,23H2,1-2H3. The molecule has 2 atom stereocenters. The molecule has 174 valence electrons. The average molecular weight is 447 g/mol. The number of ether oxygens (including phenoxy) is 2. The zero-order valence-corrected chi connectivity index (χ0v) is 18.5. The van der Waals surface area contributed by atoms with Crippen LogP contribution in [0.1, 0.15) is 44.6 Å². The fraction of sp³-hybridized carbons (Fsp3) is 0.545. The Morgan fingerprint density at radius 1 is 1.16 bits per heavy atom. The van der Waals surface area contributed by atoms with Crippen molar-refractivity contribution in [3.8, 4) is 0 Å². The molecule has 0 saturated carbocycles. The van der Waals surface area contributed by atoms with Gasteiger partial charge in [-0.2, -0.15) is 0 Å². The summed E-state index contributed by atoms with van der Waals surface area (Å²) in [6.45, 7) is 5.43. The molecule has 0 amide bonds. The number of carbonyl (C=O) groups excluding carboxylic acids is 2. The molecule has 2 heterocycles. The third kappa shape index (κ3) is 4.85. The summed E-state index contributed by atoms with van der Waals surface area (Å²) in [5, 5.41) is 15.2. The van der Waals surface area contributed by atoms with Gasteiger partial charge >= 0.3 is 11.9 Å². The van der Waals surface area contributed by atoms with Crippen LogP contribution in [0, 0.1) is 16.0 Å². The van der Waals surface area contributed by atoms with Gasteiger partial charge in [-0.3, -0.25) is 19.9 Å². The lowest BCUT2D eigenvalue weighted by atomic mass is 9.77. The minimum Gasteiger partial charge on any atom is -0.466 e. The molecule has 0 radical (unpaired) electrons. The van der Waals surface area contributed by atoms with E-state index < -0.39 is 28.7 Å². The number of benzene rings is 1. The molecule has 1 fully saturated rings. The van der Waals surface area contributed by atoms with Gasteiger partial charge in [0.25, 0.3) is 5.69 Å². The van der Waals surface area contributed by atoms with Crippen molar-refractivity contribution in [2.24, 2.45) is 11.7 Å². The quantitative estimate of drug-likeness (QED) is 0.381. The number of hydrogen-bond donors (Lipinski definition) is 1. The van der Waals surface area contributed by atoms with Crippen LogP contribution < -0.4 is 5.73 Å². The number of carbonyl (C=O) groups is 2. The largest absolute Gasteiger partial charge is 0.466 e. The first-order valence-corrected chi connectivity index (χ1v) is 11.0. The highest BCUT2D eigenvalue weighted by atomic mass is 16.6. The molecule has 0 aliphatic carbocycles. The highest BCUT2D eigenvalue weighted by Gasteiger charge is 2.45. The molecule has 2 N–H and O–H groups in total. The van der Waals surface area contributed by atoms with Crippen LogP contribution in [0.4, 0.5) is 5.69 Å². The van der Waals surface area contributed by atoms with E-state index in [4.69, 9.17) is 15.2 Å². The van der Waals surface area contributed by atoms with E-state index in [0.29, 0.717) is 5.56 Å². The van der Waals surface area contributed by atoms with Gasteiger partial charge in [0.2, 0.25) is 0 Å². The second-order valence-electron chi connectivity index (χ2n) is 7.80. The van der Waals surface area contributed by atoms with Crippen molar-refractivity contribution in [3.05, 3.63) is 51.3 Å². The summed E-state index contributed by atoms with van der Waals surface area (Å²) in [4.78, 5) is 37.0. The lowest BCUT2D eigenvalue weighted by molar-refractivity contribution is -0.384. The van der Waals surface area contributed by atoms with E-state index in [9.17, 15) is 19.7 Å². The molecule has 1 saturated heterocycles. The topological polar surface area (TPSA) is 128 Å². The van der Waals surface area contributed by atoms with Crippen molar-refractivity contribution in [1.29, 1.82) is 0 Å². The molecular weight excluding hydrogens is 416 g/mol. The zero-order valence-electron chi connectivity index (χ0n) is 18.5. The fourth-order valence-corrected chi connectivity index (χ4v) is 4.41. The Balaban J connectivity index is 2.16. The Morgan fingerprint density at radius 2 is 1.84 bits per heavy atom. The highest BCUT2D eigenvalue weighted by Crippen LogP contribution is 2.41. The molecule has 0 bridgehead atoms. The van der Waals surface area contributed by atoms with Crippen LogP contribution in [0.5, 0.6) is 0 Å². The van der Waals surface area contributed by atoms with Crippen LogP contribution in [0.15, 0.2) is 35.7 Å². The number of nitrogens with zero attached hydrogens (tertiary/aromatic N) is 3. The SMILES string of the molecule is CCOC(=O)C1=C(N)N(N2CCCCC2)CC(C(=O)OCC)C1c1cccc([N+](=O)[O-])c1. The second kappa shape index (κ2) is 10.4. The number of piperidine rings is 1. The van der Waals surface area contributed by atoms with E-state index in [2.05, 4.69) is 0 Å². The van der Waals surface area contributed by atoms with Crippen molar-refractivity contribution in [2.75, 3.05) is 32.8 Å². The minimum atomic E-state index is -0.825. The predicted molar refractivity (Wildman–Crippen MR) is 116 cm³/mol. The van der Waals surface area contributed by atoms with E-state index in [0.717, 1.165) is 32.4 Å². The summed E-state index contributed by atoms with van der Waals surface area (Å²) in [6.07, 6.45) is 3.07. The van der Waals surface area contributed by atoms with Crippen molar-refractivity contribution < 1.29 is 24.0 Å². The molecule has 2 aliphatic heterocycles. The van der Waals surface area contributed by atoms with Crippen molar-refractivity contribution in [2.45, 2.75) is 39.0 Å². The second-order valence-corrected chi connectivity index (χ2v) is 7.80. The predicted octanol–water partition coefficient (Wildman–Crippen LogP) is 2.31. The lowest BCUT2D eigenvalue weighted by Crippen LogP contribution is -2.54. The maximum atomic E-state index is 13.1. The molecule has 0 spiro atoms. The van der Waals surface area contributed by atoms with Gasteiger partial charge < -0.3 is 15.2 Å². The first-order valence-electron chi connectivity index (χ1n) is 11.0. The van der Waals surface area contributed by atoms with Gasteiger partial charge in [-0.25, -0.2) is 9.80 Å². The van der Waals surface area contributed by atoms with Crippen LogP contribution in [0.25, 0.3) is 0 Å². The number of nitro groups is 1. The number of hydrazine groups is 1. The lowest BCUT2D eigenvalue weighted by Gasteiger charge is -2.45. The van der Waals surface area contributed by atoms with Gasteiger partial charge in [0.15, 0.2) is 0 Å². The first kappa shape index (κ1) is 23.5. The summed E-state index contributed by atoms with van der Waals surface area (Å²) in [7, 11) is 0. The van der Waals surface area contributed by atoms with Gasteiger partial charge in [-0.15, -0.1) is 0 Å². The van der Waals surface area contributed by atoms with Gasteiger partial charge in [0.1, 0.15) is 5.82 Å². The normalized spacial score (nSPS) is 21.9. The highest BCUT2D eigenvalue weighted by molar-refractivity contribution is 5.93. The summed E-state index contributed by atoms with van der Waals surface area (Å²) < 4.78 is 10.6. The van der Waals surface area contributed by atoms with Crippen LogP contribution in [-0.4, -0.2) is 59.7 Å². The smallest absolute Gasteiger partial charge is 0.338 e. The molecular formula is C22H30N4O6. The number of rotatable bonds is 7. The summed E-state index contributed by atoms with van der Waals surface area (Å²) >= 11 is 0. The van der Waals surface area contributed by atoms with Gasteiger partial charge in [0.05, 0.1) is 36.2 Å². The number of esters is 2. The Hall–Kier alpha value is -3.14. The van der Waals surface area contributed by atoms with Gasteiger partial charge in [-0.1, -0.05) is 18.6 Å². The number of nitrogens with two attached hydrogens (primary N) is 1. The van der Waals surface area contributed by atoms with Gasteiger partial charge in [0, 0.05) is 31.1 Å². The number of nitro benzene ring substituents is 1. The molecule has 1 aromatic carbocycles. The van der Waals surface area contributed by atoms with E-state index in [1.54, 1.807) is 24.9 Å². The van der Waals surface area contributed by atoms with Crippen molar-refractivity contribution in [3.63, 3.8) is 0 Å². The number of non-ortho nitro benzene ring substituents is 1. The molecule has 2 unspecified atom stereocenters. The minimum absolute atomic E-state index is 0.127. The third-order valence-electron chi connectivity index (χ3n) is 5.84. The fourth-order valence-electron chi connectivity index (χ4n) is 4.41. The number of hydrogen-bond acceptors (Lipinski definition) is 9. The van der Waals surface area contributed by atoms with Crippen molar-refractivity contribution >= 4 is 17.6 Å². The van der Waals surface area contributed by atoms with Gasteiger partial charge in [-0.05, 0) is 32.3 Å². The maximum absolute atomic E-state index is 13.1. The average Bonchev–Trinajstić information content (AvgIpc) is 2.79. The molecule has 10 heteroatoms. The van der Waals surface area contributed by atoms with E-state index in [-0.39, 0.29) is 36.8 Å². The summed E-state index contributed by atoms with van der Waals surface area (Å²) in [5.74, 6) is -2.53. The first-order chi connectivity index (χ1) is 15.4. The molecule has 0 aromatic heterocycles. The summed E-state index contributed by atoms with van der Waals surface area (Å²) in [5.41, 5.74) is 6.96. The van der Waals surface area contributed by atoms with Crippen LogP contribution in [0.3, 0.4) is 0 Å². The Labute approximate surface area is 187 Å². The molecule has 32 heavy (non-hydrogen) atoms. The maximum Gasteiger partial charge on any atom is 0.338 e.